The summed E-state index contributed by atoms with van der Waals surface area (Å²) in [7, 11) is 0. The molecular weight excluding hydrogens is 853 g/mol. The summed E-state index contributed by atoms with van der Waals surface area (Å²) >= 11 is 0.0498. The second-order valence-electron chi connectivity index (χ2n) is 13.0. The Kier molecular flexibility index (Phi) is 10.7. The quantitative estimate of drug-likeness (QED) is 0.127. The molecular formula is C44H36GeIrN2S-2. The zero-order chi connectivity index (χ0) is 33.1. The van der Waals surface area contributed by atoms with E-state index in [1.165, 1.54) is 52.4 Å². The molecule has 8 aromatic rings. The van der Waals surface area contributed by atoms with Crippen LogP contribution >= 0.6 is 11.3 Å². The SMILES string of the molecule is Cc1cc(-c2[c-]cccc2)nc[c]1[Ge]([CH3])([CH3])[CH3].[Ir].[c-]1ccc2c(sc3cc(-c4ccccc4)ccc32)c1-c1cc(-c2ccccc2)ccn1. The van der Waals surface area contributed by atoms with Crippen molar-refractivity contribution in [3.63, 3.8) is 0 Å². The zero-order valence-corrected chi connectivity index (χ0v) is 33.3. The molecule has 0 unspecified atom stereocenters. The molecule has 243 valence electrons. The summed E-state index contributed by atoms with van der Waals surface area (Å²) in [5.41, 5.74) is 10.4. The van der Waals surface area contributed by atoms with E-state index in [0.717, 1.165) is 22.5 Å². The molecule has 5 heteroatoms. The largest absolute Gasteiger partial charge is 0.305 e. The van der Waals surface area contributed by atoms with E-state index in [0.29, 0.717) is 0 Å². The Balaban J connectivity index is 0.000000198. The molecule has 0 fully saturated rings. The third-order valence-corrected chi connectivity index (χ3v) is 14.2. The fourth-order valence-electron chi connectivity index (χ4n) is 6.16. The van der Waals surface area contributed by atoms with E-state index < -0.39 is 13.3 Å². The maximum atomic E-state index is 4.70. The number of fused-ring (bicyclic) bond motifs is 3. The smallest absolute Gasteiger partial charge is 0.0245 e. The fourth-order valence-corrected chi connectivity index (χ4v) is 11.0. The minimum Gasteiger partial charge on any atom is -0.305 e. The zero-order valence-electron chi connectivity index (χ0n) is 28.0. The molecule has 0 aliphatic rings. The molecule has 0 aliphatic heterocycles. The van der Waals surface area contributed by atoms with Crippen molar-refractivity contribution in [1.29, 1.82) is 0 Å². The van der Waals surface area contributed by atoms with Crippen molar-refractivity contribution in [2.45, 2.75) is 24.2 Å². The molecule has 0 bridgehead atoms. The van der Waals surface area contributed by atoms with Crippen molar-refractivity contribution in [2.24, 2.45) is 0 Å². The van der Waals surface area contributed by atoms with Gasteiger partial charge >= 0.3 is 106 Å². The number of hydrogen-bond acceptors (Lipinski definition) is 3. The molecule has 1 radical (unpaired) electrons. The van der Waals surface area contributed by atoms with Crippen molar-refractivity contribution in [1.82, 2.24) is 9.97 Å². The summed E-state index contributed by atoms with van der Waals surface area (Å²) in [5.74, 6) is 7.20. The van der Waals surface area contributed by atoms with Crippen molar-refractivity contribution in [3.05, 3.63) is 164 Å². The van der Waals surface area contributed by atoms with E-state index in [1.54, 1.807) is 0 Å². The Morgan fingerprint density at radius 3 is 1.94 bits per heavy atom. The Labute approximate surface area is 309 Å². The van der Waals surface area contributed by atoms with E-state index in [4.69, 9.17) is 4.98 Å². The molecule has 3 heterocycles. The van der Waals surface area contributed by atoms with Gasteiger partial charge in [0.15, 0.2) is 0 Å². The van der Waals surface area contributed by atoms with Crippen LogP contribution in [0.3, 0.4) is 0 Å². The Bertz CT molecular complexity index is 2330. The molecule has 0 amide bonds. The van der Waals surface area contributed by atoms with E-state index in [9.17, 15) is 0 Å². The molecule has 0 saturated carbocycles. The Hall–Kier alpha value is -4.19. The molecule has 0 spiro atoms. The van der Waals surface area contributed by atoms with Crippen LogP contribution in [0.2, 0.25) is 17.3 Å². The van der Waals surface area contributed by atoms with Gasteiger partial charge in [0, 0.05) is 31.0 Å². The Morgan fingerprint density at radius 2 is 1.29 bits per heavy atom. The standard InChI is InChI=1S/C29H18NS.C15H18GeN.Ir/c1-3-8-20(9-4-1)22-14-15-24-25-12-7-13-26(29(25)31-28(24)19-22)27-18-23(16-17-30-27)21-10-5-2-6-11-21;1-12-10-15(13-8-6-5-7-9-13)17-11-14(12)16(2,3)4;/h1-12,14-19H;5-8,10-11H,1-4H3;/q2*-1;. The van der Waals surface area contributed by atoms with Crippen molar-refractivity contribution in [3.8, 4) is 44.8 Å². The normalized spacial score (nSPS) is 11.1. The van der Waals surface area contributed by atoms with Gasteiger partial charge in [-0.05, 0) is 50.2 Å². The average Bonchev–Trinajstić information content (AvgIpc) is 3.51. The second-order valence-corrected chi connectivity index (χ2v) is 24.6. The van der Waals surface area contributed by atoms with Crippen LogP contribution in [0.4, 0.5) is 0 Å². The van der Waals surface area contributed by atoms with E-state index in [-0.39, 0.29) is 20.1 Å². The van der Waals surface area contributed by atoms with Gasteiger partial charge in [-0.1, -0.05) is 84.2 Å². The molecule has 49 heavy (non-hydrogen) atoms. The molecule has 2 nitrogen and oxygen atoms in total. The number of thiophene rings is 1. The summed E-state index contributed by atoms with van der Waals surface area (Å²) in [6, 6.07) is 53.0. The second kappa shape index (κ2) is 15.1. The van der Waals surface area contributed by atoms with Crippen molar-refractivity contribution >= 4 is 49.2 Å². The topological polar surface area (TPSA) is 25.8 Å². The number of aryl methyl sites for hydroxylation is 1. The minimum atomic E-state index is -1.77. The first-order chi connectivity index (χ1) is 23.3. The van der Waals surface area contributed by atoms with Gasteiger partial charge in [-0.2, -0.15) is 11.3 Å². The average molecular weight is 890 g/mol. The van der Waals surface area contributed by atoms with E-state index in [2.05, 4.69) is 151 Å². The van der Waals surface area contributed by atoms with E-state index >= 15 is 0 Å². The summed E-state index contributed by atoms with van der Waals surface area (Å²) in [6.07, 6.45) is 3.97. The molecule has 0 N–H and O–H groups in total. The maximum Gasteiger partial charge on any atom is 0.0245 e. The van der Waals surface area contributed by atoms with Gasteiger partial charge in [-0.3, -0.25) is 0 Å². The predicted octanol–water partition coefficient (Wildman–Crippen LogP) is 11.7. The third kappa shape index (κ3) is 7.69. The van der Waals surface area contributed by atoms with Gasteiger partial charge in [0.25, 0.3) is 0 Å². The summed E-state index contributed by atoms with van der Waals surface area (Å²) in [5, 5.41) is 2.55. The molecule has 8 rings (SSSR count). The van der Waals surface area contributed by atoms with Crippen LogP contribution in [-0.4, -0.2) is 23.2 Å². The van der Waals surface area contributed by atoms with Crippen molar-refractivity contribution < 1.29 is 20.1 Å². The van der Waals surface area contributed by atoms with Crippen LogP contribution in [0.25, 0.3) is 64.9 Å². The van der Waals surface area contributed by atoms with Gasteiger partial charge < -0.3 is 4.98 Å². The first-order valence-corrected chi connectivity index (χ1v) is 24.4. The van der Waals surface area contributed by atoms with Gasteiger partial charge in [0.05, 0.1) is 0 Å². The number of hydrogen-bond donors (Lipinski definition) is 0. The summed E-state index contributed by atoms with van der Waals surface area (Å²) < 4.78 is 4.02. The number of pyridine rings is 2. The third-order valence-electron chi connectivity index (χ3n) is 8.57. The number of rotatable bonds is 5. The monoisotopic (exact) mass is 891 g/mol. The van der Waals surface area contributed by atoms with Crippen LogP contribution in [-0.2, 0) is 20.1 Å². The number of benzene rings is 5. The molecule has 0 saturated heterocycles. The van der Waals surface area contributed by atoms with E-state index in [1.807, 2.05) is 47.9 Å². The predicted molar refractivity (Wildman–Crippen MR) is 208 cm³/mol. The minimum absolute atomic E-state index is 0. The molecule has 0 atom stereocenters. The van der Waals surface area contributed by atoms with Gasteiger partial charge in [-0.25, -0.2) is 0 Å². The van der Waals surface area contributed by atoms with Crippen LogP contribution in [0.1, 0.15) is 5.56 Å². The van der Waals surface area contributed by atoms with Crippen LogP contribution < -0.4 is 4.40 Å². The molecule has 5 aromatic carbocycles. The summed E-state index contributed by atoms with van der Waals surface area (Å²) in [4.78, 5) is 9.29. The first kappa shape index (κ1) is 34.7. The first-order valence-electron chi connectivity index (χ1n) is 16.2. The van der Waals surface area contributed by atoms with Gasteiger partial charge in [0.2, 0.25) is 0 Å². The van der Waals surface area contributed by atoms with Crippen LogP contribution in [0, 0.1) is 19.1 Å². The number of aromatic nitrogens is 2. The molecule has 0 aliphatic carbocycles. The van der Waals surface area contributed by atoms with Gasteiger partial charge in [0.1, 0.15) is 0 Å². The fraction of sp³-hybridized carbons (Fsp3) is 0.0909. The number of nitrogens with zero attached hydrogens (tertiary/aromatic N) is 2. The summed E-state index contributed by atoms with van der Waals surface area (Å²) in [6.45, 7) is 2.19. The molecule has 3 aromatic heterocycles. The van der Waals surface area contributed by atoms with Crippen LogP contribution in [0.5, 0.6) is 0 Å². The van der Waals surface area contributed by atoms with Crippen LogP contribution in [0.15, 0.2) is 146 Å². The van der Waals surface area contributed by atoms with Gasteiger partial charge in [-0.15, -0.1) is 23.8 Å². The van der Waals surface area contributed by atoms with Crippen molar-refractivity contribution in [2.75, 3.05) is 0 Å². The Morgan fingerprint density at radius 1 is 0.592 bits per heavy atom. The maximum absolute atomic E-state index is 4.70.